The van der Waals surface area contributed by atoms with Crippen molar-refractivity contribution >= 4 is 29.1 Å². The molecule has 2 aromatic carbocycles. The van der Waals surface area contributed by atoms with E-state index in [0.717, 1.165) is 11.3 Å². The molecule has 0 saturated carbocycles. The predicted octanol–water partition coefficient (Wildman–Crippen LogP) is 5.03. The summed E-state index contributed by atoms with van der Waals surface area (Å²) in [6, 6.07) is 12.5. The fraction of sp³-hybridized carbons (Fsp3) is 0.278. The van der Waals surface area contributed by atoms with Gasteiger partial charge in [-0.2, -0.15) is 0 Å². The molecule has 1 aliphatic heterocycles. The Bertz CT molecular complexity index is 758. The largest absolute Gasteiger partial charge is 0.487 e. The van der Waals surface area contributed by atoms with Crippen molar-refractivity contribution in [3.05, 3.63) is 63.6 Å². The number of nitrogens with one attached hydrogen (secondary N) is 1. The fourth-order valence-corrected chi connectivity index (χ4v) is 3.33. The molecule has 1 amide bonds. The summed E-state index contributed by atoms with van der Waals surface area (Å²) >= 11 is 12.0. The molecule has 0 saturated heterocycles. The highest BCUT2D eigenvalue weighted by Gasteiger charge is 2.34. The van der Waals surface area contributed by atoms with E-state index in [2.05, 4.69) is 5.32 Å². The Morgan fingerprint density at radius 3 is 2.70 bits per heavy atom. The zero-order chi connectivity index (χ0) is 16.6. The molecule has 0 spiro atoms. The maximum Gasteiger partial charge on any atom is 0.253 e. The van der Waals surface area contributed by atoms with E-state index in [9.17, 15) is 4.79 Å². The average Bonchev–Trinajstić information content (AvgIpc) is 2.45. The van der Waals surface area contributed by atoms with Gasteiger partial charge in [0.25, 0.3) is 5.91 Å². The van der Waals surface area contributed by atoms with Crippen molar-refractivity contribution in [2.45, 2.75) is 31.9 Å². The van der Waals surface area contributed by atoms with Gasteiger partial charge in [-0.3, -0.25) is 4.79 Å². The molecule has 1 N–H and O–H groups in total. The van der Waals surface area contributed by atoms with Crippen LogP contribution in [0.25, 0.3) is 0 Å². The van der Waals surface area contributed by atoms with Crippen LogP contribution in [0.15, 0.2) is 42.5 Å². The summed E-state index contributed by atoms with van der Waals surface area (Å²) in [6.45, 7) is 4.02. The van der Waals surface area contributed by atoms with E-state index in [-0.39, 0.29) is 17.6 Å². The topological polar surface area (TPSA) is 38.3 Å². The van der Waals surface area contributed by atoms with E-state index in [0.29, 0.717) is 22.0 Å². The molecule has 5 heteroatoms. The molecule has 1 aliphatic rings. The molecular weight excluding hydrogens is 333 g/mol. The van der Waals surface area contributed by atoms with Crippen LogP contribution in [0.1, 0.15) is 42.2 Å². The van der Waals surface area contributed by atoms with Crippen LogP contribution in [0.2, 0.25) is 10.0 Å². The van der Waals surface area contributed by atoms with Gasteiger partial charge in [0, 0.05) is 17.0 Å². The Morgan fingerprint density at radius 1 is 1.22 bits per heavy atom. The number of benzene rings is 2. The summed E-state index contributed by atoms with van der Waals surface area (Å²) in [6.07, 6.45) is 0.682. The van der Waals surface area contributed by atoms with Gasteiger partial charge in [-0.05, 0) is 38.1 Å². The number of halogens is 2. The van der Waals surface area contributed by atoms with Crippen molar-refractivity contribution in [3.63, 3.8) is 0 Å². The smallest absolute Gasteiger partial charge is 0.253 e. The van der Waals surface area contributed by atoms with Gasteiger partial charge in [0.2, 0.25) is 0 Å². The van der Waals surface area contributed by atoms with Crippen LogP contribution in [0.5, 0.6) is 5.75 Å². The molecule has 0 aromatic heterocycles. The molecule has 1 heterocycles. The lowest BCUT2D eigenvalue weighted by molar-refractivity contribution is 0.0620. The average molecular weight is 350 g/mol. The number of carbonyl (C=O) groups is 1. The van der Waals surface area contributed by atoms with Gasteiger partial charge in [-0.25, -0.2) is 0 Å². The summed E-state index contributed by atoms with van der Waals surface area (Å²) in [5.74, 6) is 0.584. The van der Waals surface area contributed by atoms with Crippen LogP contribution in [-0.4, -0.2) is 11.5 Å². The van der Waals surface area contributed by atoms with Gasteiger partial charge in [-0.1, -0.05) is 41.4 Å². The van der Waals surface area contributed by atoms with Crippen LogP contribution in [-0.2, 0) is 0 Å². The predicted molar refractivity (Wildman–Crippen MR) is 92.4 cm³/mol. The quantitative estimate of drug-likeness (QED) is 0.825. The third-order valence-corrected chi connectivity index (χ3v) is 4.41. The highest BCUT2D eigenvalue weighted by atomic mass is 35.5. The van der Waals surface area contributed by atoms with Gasteiger partial charge >= 0.3 is 0 Å². The maximum atomic E-state index is 12.6. The summed E-state index contributed by atoms with van der Waals surface area (Å²) < 4.78 is 5.98. The minimum Gasteiger partial charge on any atom is -0.487 e. The second kappa shape index (κ2) is 6.06. The monoisotopic (exact) mass is 349 g/mol. The molecule has 0 fully saturated rings. The summed E-state index contributed by atoms with van der Waals surface area (Å²) in [5, 5.41) is 3.91. The Morgan fingerprint density at radius 2 is 1.96 bits per heavy atom. The van der Waals surface area contributed by atoms with Crippen LogP contribution < -0.4 is 10.1 Å². The minimum atomic E-state index is -0.351. The Hall–Kier alpha value is -1.71. The minimum absolute atomic E-state index is 0.130. The summed E-state index contributed by atoms with van der Waals surface area (Å²) in [5.41, 5.74) is 1.04. The van der Waals surface area contributed by atoms with Crippen molar-refractivity contribution in [2.75, 3.05) is 0 Å². The van der Waals surface area contributed by atoms with Gasteiger partial charge in [-0.15, -0.1) is 0 Å². The zero-order valence-electron chi connectivity index (χ0n) is 12.9. The second-order valence-electron chi connectivity index (χ2n) is 6.25. The van der Waals surface area contributed by atoms with Crippen LogP contribution in [0.3, 0.4) is 0 Å². The second-order valence-corrected chi connectivity index (χ2v) is 7.10. The molecule has 1 atom stereocenters. The van der Waals surface area contributed by atoms with Gasteiger partial charge < -0.3 is 10.1 Å². The van der Waals surface area contributed by atoms with E-state index in [4.69, 9.17) is 27.9 Å². The fourth-order valence-electron chi connectivity index (χ4n) is 2.84. The Kier molecular flexibility index (Phi) is 4.26. The number of carbonyl (C=O) groups excluding carboxylic acids is 1. The first-order valence-corrected chi connectivity index (χ1v) is 8.15. The first kappa shape index (κ1) is 16.2. The van der Waals surface area contributed by atoms with E-state index < -0.39 is 0 Å². The van der Waals surface area contributed by atoms with Crippen molar-refractivity contribution in [2.24, 2.45) is 0 Å². The number of para-hydroxylation sites is 1. The first-order valence-electron chi connectivity index (χ1n) is 7.39. The van der Waals surface area contributed by atoms with Crippen LogP contribution in [0, 0.1) is 0 Å². The van der Waals surface area contributed by atoms with Gasteiger partial charge in [0.1, 0.15) is 11.4 Å². The van der Waals surface area contributed by atoms with Crippen molar-refractivity contribution < 1.29 is 9.53 Å². The highest BCUT2D eigenvalue weighted by molar-refractivity contribution is 6.36. The number of hydrogen-bond acceptors (Lipinski definition) is 2. The standard InChI is InChI=1S/C18H17Cl2NO2/c1-18(2)10-15(13-5-3-4-6-16(13)23-18)21-17(22)12-8-7-11(19)9-14(12)20/h3-9,15H,10H2,1-2H3,(H,21,22). The molecule has 2 aromatic rings. The first-order chi connectivity index (χ1) is 10.9. The normalized spacial score (nSPS) is 18.7. The Labute approximate surface area is 145 Å². The number of fused-ring (bicyclic) bond motifs is 1. The lowest BCUT2D eigenvalue weighted by Crippen LogP contribution is -2.41. The third-order valence-electron chi connectivity index (χ3n) is 3.86. The zero-order valence-corrected chi connectivity index (χ0v) is 14.4. The molecule has 0 aliphatic carbocycles. The molecule has 3 nitrogen and oxygen atoms in total. The molecule has 1 unspecified atom stereocenters. The van der Waals surface area contributed by atoms with Crippen molar-refractivity contribution in [1.29, 1.82) is 0 Å². The number of amides is 1. The van der Waals surface area contributed by atoms with Crippen molar-refractivity contribution in [3.8, 4) is 5.75 Å². The van der Waals surface area contributed by atoms with Gasteiger partial charge in [0.05, 0.1) is 16.6 Å². The molecule has 120 valence electrons. The number of hydrogen-bond donors (Lipinski definition) is 1. The highest BCUT2D eigenvalue weighted by Crippen LogP contribution is 2.39. The number of rotatable bonds is 2. The summed E-state index contributed by atoms with van der Waals surface area (Å²) in [7, 11) is 0. The maximum absolute atomic E-state index is 12.6. The van der Waals surface area contributed by atoms with Crippen LogP contribution in [0.4, 0.5) is 0 Å². The van der Waals surface area contributed by atoms with Crippen LogP contribution >= 0.6 is 23.2 Å². The van der Waals surface area contributed by atoms with Crippen molar-refractivity contribution in [1.82, 2.24) is 5.32 Å². The van der Waals surface area contributed by atoms with E-state index >= 15 is 0 Å². The van der Waals surface area contributed by atoms with E-state index in [1.54, 1.807) is 18.2 Å². The lowest BCUT2D eigenvalue weighted by atomic mass is 9.89. The molecule has 3 rings (SSSR count). The molecule has 23 heavy (non-hydrogen) atoms. The van der Waals surface area contributed by atoms with E-state index in [1.807, 2.05) is 38.1 Å². The molecule has 0 bridgehead atoms. The summed E-state index contributed by atoms with van der Waals surface area (Å²) in [4.78, 5) is 12.6. The molecule has 0 radical (unpaired) electrons. The third kappa shape index (κ3) is 3.46. The van der Waals surface area contributed by atoms with Gasteiger partial charge in [0.15, 0.2) is 0 Å². The molecular formula is C18H17Cl2NO2. The SMILES string of the molecule is CC1(C)CC(NC(=O)c2ccc(Cl)cc2Cl)c2ccccc2O1. The lowest BCUT2D eigenvalue weighted by Gasteiger charge is -2.37. The van der Waals surface area contributed by atoms with E-state index in [1.165, 1.54) is 0 Å². The Balaban J connectivity index is 1.88. The number of ether oxygens (including phenoxy) is 1.